The average molecular weight is 306 g/mol. The van der Waals surface area contributed by atoms with Crippen molar-refractivity contribution in [3.63, 3.8) is 0 Å². The van der Waals surface area contributed by atoms with E-state index in [0.29, 0.717) is 4.47 Å². The van der Waals surface area contributed by atoms with Gasteiger partial charge in [-0.05, 0) is 25.1 Å². The number of ether oxygens (including phenoxy) is 1. The van der Waals surface area contributed by atoms with Gasteiger partial charge in [-0.2, -0.15) is 0 Å². The topological polar surface area (TPSA) is 58.6 Å². The summed E-state index contributed by atoms with van der Waals surface area (Å²) in [6, 6.07) is 3.96. The molecule has 4 nitrogen and oxygen atoms in total. The van der Waals surface area contributed by atoms with E-state index >= 15 is 0 Å². The van der Waals surface area contributed by atoms with Gasteiger partial charge in [0.2, 0.25) is 0 Å². The smallest absolute Gasteiger partial charge is 0.258 e. The zero-order chi connectivity index (χ0) is 12.8. The molecule has 1 rings (SSSR count). The van der Waals surface area contributed by atoms with Crippen molar-refractivity contribution in [2.45, 2.75) is 13.0 Å². The predicted octanol–water partition coefficient (Wildman–Crippen LogP) is 1.46. The number of nitrogens with one attached hydrogen (secondary N) is 1. The molecule has 0 radical (unpaired) electrons. The molecule has 0 unspecified atom stereocenters. The van der Waals surface area contributed by atoms with Gasteiger partial charge in [-0.25, -0.2) is 4.39 Å². The quantitative estimate of drug-likeness (QED) is 0.866. The van der Waals surface area contributed by atoms with Crippen LogP contribution in [0.4, 0.5) is 4.39 Å². The van der Waals surface area contributed by atoms with E-state index < -0.39 is 11.7 Å². The molecule has 0 fully saturated rings. The average Bonchev–Trinajstić information content (AvgIpc) is 2.27. The van der Waals surface area contributed by atoms with Gasteiger partial charge < -0.3 is 15.2 Å². The summed E-state index contributed by atoms with van der Waals surface area (Å²) < 4.78 is 18.9. The Morgan fingerprint density at radius 2 is 2.35 bits per heavy atom. The lowest BCUT2D eigenvalue weighted by Gasteiger charge is -2.11. The maximum absolute atomic E-state index is 13.3. The van der Waals surface area contributed by atoms with Crippen LogP contribution in [0.15, 0.2) is 22.7 Å². The fourth-order valence-electron chi connectivity index (χ4n) is 1.10. The Bertz CT molecular complexity index is 400. The van der Waals surface area contributed by atoms with E-state index in [-0.39, 0.29) is 25.0 Å². The van der Waals surface area contributed by atoms with Crippen LogP contribution in [0.1, 0.15) is 6.92 Å². The number of aliphatic hydroxyl groups is 1. The first-order valence-corrected chi connectivity index (χ1v) is 5.80. The minimum atomic E-state index is -0.539. The molecule has 0 bridgehead atoms. The molecule has 94 valence electrons. The van der Waals surface area contributed by atoms with Crippen LogP contribution in [-0.2, 0) is 4.79 Å². The van der Waals surface area contributed by atoms with Crippen LogP contribution < -0.4 is 10.1 Å². The fourth-order valence-corrected chi connectivity index (χ4v) is 1.43. The van der Waals surface area contributed by atoms with E-state index in [9.17, 15) is 9.18 Å². The van der Waals surface area contributed by atoms with Crippen molar-refractivity contribution in [3.05, 3.63) is 28.5 Å². The lowest BCUT2D eigenvalue weighted by molar-refractivity contribution is -0.124. The summed E-state index contributed by atoms with van der Waals surface area (Å²) in [5, 5.41) is 11.2. The highest BCUT2D eigenvalue weighted by Gasteiger charge is 2.09. The number of halogens is 2. The Kier molecular flexibility index (Phi) is 5.37. The lowest BCUT2D eigenvalue weighted by atomic mass is 10.3. The third-order valence-corrected chi connectivity index (χ3v) is 2.43. The summed E-state index contributed by atoms with van der Waals surface area (Å²) >= 11 is 3.12. The van der Waals surface area contributed by atoms with Crippen LogP contribution in [0, 0.1) is 5.82 Å². The lowest BCUT2D eigenvalue weighted by Crippen LogP contribution is -2.38. The minimum Gasteiger partial charge on any atom is -0.481 e. The van der Waals surface area contributed by atoms with Crippen LogP contribution in [0.5, 0.6) is 5.75 Å². The molecule has 0 heterocycles. The Morgan fingerprint density at radius 1 is 1.65 bits per heavy atom. The van der Waals surface area contributed by atoms with Gasteiger partial charge >= 0.3 is 0 Å². The molecule has 2 N–H and O–H groups in total. The summed E-state index contributed by atoms with van der Waals surface area (Å²) in [6.07, 6.45) is 0. The standard InChI is InChI=1S/C11H13BrFNO3/c1-7(5-15)14-11(16)6-17-10-3-2-8(12)4-9(10)13/h2-4,7,15H,5-6H2,1H3,(H,14,16)/t7-/m0/s1. The van der Waals surface area contributed by atoms with Gasteiger partial charge in [0, 0.05) is 10.5 Å². The maximum atomic E-state index is 13.3. The fraction of sp³-hybridized carbons (Fsp3) is 0.364. The molecule has 0 aliphatic carbocycles. The normalized spacial score (nSPS) is 12.0. The van der Waals surface area contributed by atoms with Gasteiger partial charge in [0.1, 0.15) is 0 Å². The van der Waals surface area contributed by atoms with Crippen LogP contribution in [0.2, 0.25) is 0 Å². The maximum Gasteiger partial charge on any atom is 0.258 e. The van der Waals surface area contributed by atoms with Crippen LogP contribution in [-0.4, -0.2) is 30.3 Å². The first-order chi connectivity index (χ1) is 8.02. The molecule has 1 aromatic rings. The molecule has 1 aromatic carbocycles. The van der Waals surface area contributed by atoms with E-state index in [0.717, 1.165) is 0 Å². The molecule has 0 spiro atoms. The number of carbonyl (C=O) groups is 1. The molecule has 6 heteroatoms. The van der Waals surface area contributed by atoms with E-state index in [1.807, 2.05) is 0 Å². The number of benzene rings is 1. The molecule has 17 heavy (non-hydrogen) atoms. The number of carbonyl (C=O) groups excluding carboxylic acids is 1. The van der Waals surface area contributed by atoms with Gasteiger partial charge in [-0.15, -0.1) is 0 Å². The molecule has 0 aromatic heterocycles. The van der Waals surface area contributed by atoms with Gasteiger partial charge in [-0.1, -0.05) is 15.9 Å². The third kappa shape index (κ3) is 4.70. The molecule has 0 saturated carbocycles. The molecule has 1 atom stereocenters. The highest BCUT2D eigenvalue weighted by molar-refractivity contribution is 9.10. The molecular formula is C11H13BrFNO3. The second-order valence-corrected chi connectivity index (χ2v) is 4.43. The van der Waals surface area contributed by atoms with Gasteiger partial charge in [-0.3, -0.25) is 4.79 Å². The van der Waals surface area contributed by atoms with E-state index in [2.05, 4.69) is 21.2 Å². The van der Waals surface area contributed by atoms with Gasteiger partial charge in [0.25, 0.3) is 5.91 Å². The second-order valence-electron chi connectivity index (χ2n) is 3.51. The van der Waals surface area contributed by atoms with E-state index in [4.69, 9.17) is 9.84 Å². The SMILES string of the molecule is C[C@@H](CO)NC(=O)COc1ccc(Br)cc1F. The van der Waals surface area contributed by atoms with Crippen LogP contribution in [0.25, 0.3) is 0 Å². The monoisotopic (exact) mass is 305 g/mol. The zero-order valence-corrected chi connectivity index (χ0v) is 10.8. The van der Waals surface area contributed by atoms with Crippen molar-refractivity contribution < 1.29 is 19.0 Å². The summed E-state index contributed by atoms with van der Waals surface area (Å²) in [5.41, 5.74) is 0. The van der Waals surface area contributed by atoms with Crippen molar-refractivity contribution >= 4 is 21.8 Å². The number of rotatable bonds is 5. The Labute approximate surface area is 107 Å². The Morgan fingerprint density at radius 3 is 2.94 bits per heavy atom. The van der Waals surface area contributed by atoms with Crippen molar-refractivity contribution in [1.82, 2.24) is 5.32 Å². The molecule has 0 aliphatic heterocycles. The van der Waals surface area contributed by atoms with Crippen molar-refractivity contribution in [3.8, 4) is 5.75 Å². The Hall–Kier alpha value is -1.14. The van der Waals surface area contributed by atoms with Crippen molar-refractivity contribution in [2.75, 3.05) is 13.2 Å². The number of aliphatic hydroxyl groups excluding tert-OH is 1. The van der Waals surface area contributed by atoms with Gasteiger partial charge in [0.15, 0.2) is 18.2 Å². The minimum absolute atomic E-state index is 0.0139. The van der Waals surface area contributed by atoms with Crippen LogP contribution >= 0.6 is 15.9 Å². The number of hydrogen-bond donors (Lipinski definition) is 2. The summed E-state index contributed by atoms with van der Waals surface area (Å²) in [5.74, 6) is -0.934. The van der Waals surface area contributed by atoms with Crippen molar-refractivity contribution in [2.24, 2.45) is 0 Å². The highest BCUT2D eigenvalue weighted by atomic mass is 79.9. The van der Waals surface area contributed by atoms with E-state index in [1.54, 1.807) is 13.0 Å². The summed E-state index contributed by atoms with van der Waals surface area (Å²) in [6.45, 7) is 1.21. The molecule has 0 aliphatic rings. The largest absolute Gasteiger partial charge is 0.481 e. The van der Waals surface area contributed by atoms with Crippen molar-refractivity contribution in [1.29, 1.82) is 0 Å². The third-order valence-electron chi connectivity index (χ3n) is 1.93. The zero-order valence-electron chi connectivity index (χ0n) is 9.24. The number of amides is 1. The summed E-state index contributed by atoms with van der Waals surface area (Å²) in [7, 11) is 0. The summed E-state index contributed by atoms with van der Waals surface area (Å²) in [4.78, 5) is 11.3. The molecule has 0 saturated heterocycles. The Balaban J connectivity index is 2.47. The first kappa shape index (κ1) is 13.9. The van der Waals surface area contributed by atoms with E-state index in [1.165, 1.54) is 12.1 Å². The first-order valence-electron chi connectivity index (χ1n) is 5.01. The number of hydrogen-bond acceptors (Lipinski definition) is 3. The molecule has 1 amide bonds. The predicted molar refractivity (Wildman–Crippen MR) is 64.3 cm³/mol. The highest BCUT2D eigenvalue weighted by Crippen LogP contribution is 2.21. The van der Waals surface area contributed by atoms with Crippen LogP contribution in [0.3, 0.4) is 0 Å². The molecular weight excluding hydrogens is 293 g/mol. The van der Waals surface area contributed by atoms with Gasteiger partial charge in [0.05, 0.1) is 6.61 Å². The second kappa shape index (κ2) is 6.56.